The second-order valence-corrected chi connectivity index (χ2v) is 17.5. The van der Waals surface area contributed by atoms with Crippen LogP contribution in [-0.2, 0) is 5.41 Å². The van der Waals surface area contributed by atoms with Crippen molar-refractivity contribution in [1.82, 2.24) is 4.98 Å². The van der Waals surface area contributed by atoms with Crippen LogP contribution in [0.5, 0.6) is 0 Å². The highest BCUT2D eigenvalue weighted by atomic mass is 16.3. The summed E-state index contributed by atoms with van der Waals surface area (Å²) < 4.78 is 6.57. The Morgan fingerprint density at radius 1 is 0.385 bits per heavy atom. The fourth-order valence-corrected chi connectivity index (χ4v) is 10.1. The Balaban J connectivity index is 0.968. The van der Waals surface area contributed by atoms with E-state index in [1.165, 1.54) is 39.1 Å². The van der Waals surface area contributed by atoms with Crippen molar-refractivity contribution in [3.63, 3.8) is 0 Å². The Hall–Kier alpha value is -8.27. The summed E-state index contributed by atoms with van der Waals surface area (Å²) in [7, 11) is 0. The van der Waals surface area contributed by atoms with Gasteiger partial charge in [0.2, 0.25) is 0 Å². The summed E-state index contributed by atoms with van der Waals surface area (Å²) in [5.74, 6) is 0. The first kappa shape index (κ1) is 38.4. The van der Waals surface area contributed by atoms with Crippen molar-refractivity contribution in [2.45, 2.75) is 19.3 Å². The molecule has 3 nitrogen and oxygen atoms in total. The van der Waals surface area contributed by atoms with E-state index < -0.39 is 0 Å². The van der Waals surface area contributed by atoms with Crippen molar-refractivity contribution in [1.29, 1.82) is 0 Å². The third kappa shape index (κ3) is 6.63. The first-order chi connectivity index (χ1) is 32.0. The van der Waals surface area contributed by atoms with Crippen LogP contribution < -0.4 is 4.90 Å². The third-order valence-corrected chi connectivity index (χ3v) is 13.3. The average Bonchev–Trinajstić information content (AvgIpc) is 3.87. The van der Waals surface area contributed by atoms with Crippen LogP contribution in [0.4, 0.5) is 17.1 Å². The molecule has 0 fully saturated rings. The van der Waals surface area contributed by atoms with E-state index in [0.717, 1.165) is 78.1 Å². The lowest BCUT2D eigenvalue weighted by molar-refractivity contribution is 0.661. The van der Waals surface area contributed by atoms with Gasteiger partial charge in [-0.2, -0.15) is 0 Å². The van der Waals surface area contributed by atoms with Gasteiger partial charge in [-0.15, -0.1) is 0 Å². The van der Waals surface area contributed by atoms with Gasteiger partial charge in [0.1, 0.15) is 11.2 Å². The van der Waals surface area contributed by atoms with Crippen LogP contribution in [-0.4, -0.2) is 4.98 Å². The maximum absolute atomic E-state index is 6.57. The second-order valence-electron chi connectivity index (χ2n) is 17.5. The Morgan fingerprint density at radius 2 is 0.892 bits per heavy atom. The molecule has 3 heteroatoms. The van der Waals surface area contributed by atoms with E-state index in [2.05, 4.69) is 237 Å². The summed E-state index contributed by atoms with van der Waals surface area (Å²) in [5.41, 5.74) is 21.1. The van der Waals surface area contributed by atoms with Crippen LogP contribution in [0.3, 0.4) is 0 Å². The summed E-state index contributed by atoms with van der Waals surface area (Å²) in [4.78, 5) is 7.60. The van der Waals surface area contributed by atoms with Crippen LogP contribution in [0.25, 0.3) is 89.0 Å². The van der Waals surface area contributed by atoms with E-state index >= 15 is 0 Å². The molecule has 308 valence electrons. The zero-order chi connectivity index (χ0) is 43.5. The number of pyridine rings is 1. The largest absolute Gasteiger partial charge is 0.456 e. The van der Waals surface area contributed by atoms with E-state index in [0.29, 0.717) is 0 Å². The molecule has 1 aliphatic carbocycles. The molecule has 2 aromatic heterocycles. The molecule has 12 rings (SSSR count). The highest BCUT2D eigenvalue weighted by Crippen LogP contribution is 2.54. The smallest absolute Gasteiger partial charge is 0.136 e. The minimum atomic E-state index is -0.186. The zero-order valence-corrected chi connectivity index (χ0v) is 36.2. The predicted octanol–water partition coefficient (Wildman–Crippen LogP) is 17.1. The van der Waals surface area contributed by atoms with Gasteiger partial charge in [-0.3, -0.25) is 0 Å². The number of benzene rings is 9. The van der Waals surface area contributed by atoms with Gasteiger partial charge < -0.3 is 9.32 Å². The topological polar surface area (TPSA) is 29.3 Å². The van der Waals surface area contributed by atoms with E-state index in [9.17, 15) is 0 Å². The van der Waals surface area contributed by atoms with Crippen LogP contribution in [0, 0.1) is 0 Å². The SMILES string of the molecule is CC1(C)c2ccccc2-c2cccc(N(c3ccc(-c4ccccc4)cc3)c3ccc(-c4ccc5oc6cccc(-c7cc(-c8ccccc8)nc(-c8ccccc8)c7)c6c5c4)cc3)c21. The highest BCUT2D eigenvalue weighted by molar-refractivity contribution is 6.13. The Kier molecular flexibility index (Phi) is 9.17. The van der Waals surface area contributed by atoms with Gasteiger partial charge in [-0.1, -0.05) is 184 Å². The van der Waals surface area contributed by atoms with Crippen molar-refractivity contribution in [3.8, 4) is 67.0 Å². The summed E-state index contributed by atoms with van der Waals surface area (Å²) in [6, 6.07) is 82.6. The average molecular weight is 833 g/mol. The molecule has 9 aromatic carbocycles. The number of hydrogen-bond acceptors (Lipinski definition) is 3. The quantitative estimate of drug-likeness (QED) is 0.153. The molecule has 11 aromatic rings. The van der Waals surface area contributed by atoms with Crippen molar-refractivity contribution in [3.05, 3.63) is 242 Å². The molecule has 0 unspecified atom stereocenters. The van der Waals surface area contributed by atoms with Gasteiger partial charge >= 0.3 is 0 Å². The molecule has 0 aliphatic heterocycles. The van der Waals surface area contributed by atoms with Crippen molar-refractivity contribution in [2.24, 2.45) is 0 Å². The summed E-state index contributed by atoms with van der Waals surface area (Å²) in [6.07, 6.45) is 0. The van der Waals surface area contributed by atoms with Crippen molar-refractivity contribution < 1.29 is 4.42 Å². The number of fused-ring (bicyclic) bond motifs is 6. The minimum Gasteiger partial charge on any atom is -0.456 e. The van der Waals surface area contributed by atoms with Gasteiger partial charge in [0.05, 0.1) is 17.1 Å². The summed E-state index contributed by atoms with van der Waals surface area (Å²) in [5, 5.41) is 2.18. The van der Waals surface area contributed by atoms with Gasteiger partial charge in [0, 0.05) is 38.7 Å². The van der Waals surface area contributed by atoms with Gasteiger partial charge in [0.15, 0.2) is 0 Å². The molecule has 0 radical (unpaired) electrons. The normalized spacial score (nSPS) is 12.6. The van der Waals surface area contributed by atoms with Gasteiger partial charge in [0.25, 0.3) is 0 Å². The molecule has 0 spiro atoms. The fourth-order valence-electron chi connectivity index (χ4n) is 10.1. The van der Waals surface area contributed by atoms with Crippen LogP contribution in [0.1, 0.15) is 25.0 Å². The van der Waals surface area contributed by atoms with E-state index in [1.807, 2.05) is 12.1 Å². The first-order valence-electron chi connectivity index (χ1n) is 22.4. The van der Waals surface area contributed by atoms with Gasteiger partial charge in [-0.05, 0) is 116 Å². The Morgan fingerprint density at radius 3 is 1.54 bits per heavy atom. The molecule has 65 heavy (non-hydrogen) atoms. The predicted molar refractivity (Wildman–Crippen MR) is 271 cm³/mol. The standard InChI is InChI=1S/C62H44N2O/c1-62(2)54-25-13-12-22-51(54)52-24-14-26-57(61(52)62)64(48-33-28-42(29-34-48)41-16-6-3-7-17-41)49-35-30-43(31-36-49)46-32-37-58-53(38-46)60-50(23-15-27-59(60)65-58)47-39-55(44-18-8-4-9-19-44)63-56(40-47)45-20-10-5-11-21-45/h3-40H,1-2H3. The van der Waals surface area contributed by atoms with Crippen LogP contribution in [0.2, 0.25) is 0 Å². The molecule has 1 aliphatic rings. The van der Waals surface area contributed by atoms with Crippen molar-refractivity contribution in [2.75, 3.05) is 4.90 Å². The Labute approximate surface area is 379 Å². The van der Waals surface area contributed by atoms with E-state index in [1.54, 1.807) is 0 Å². The molecule has 0 amide bonds. The maximum atomic E-state index is 6.57. The summed E-state index contributed by atoms with van der Waals surface area (Å²) >= 11 is 0. The monoisotopic (exact) mass is 832 g/mol. The second kappa shape index (κ2) is 15.5. The number of furan rings is 1. The molecule has 0 saturated carbocycles. The molecule has 0 saturated heterocycles. The molecular weight excluding hydrogens is 789 g/mol. The fraction of sp³-hybridized carbons (Fsp3) is 0.0484. The number of nitrogens with zero attached hydrogens (tertiary/aromatic N) is 2. The van der Waals surface area contributed by atoms with Crippen LogP contribution >= 0.6 is 0 Å². The summed E-state index contributed by atoms with van der Waals surface area (Å²) in [6.45, 7) is 4.72. The van der Waals surface area contributed by atoms with E-state index in [-0.39, 0.29) is 5.41 Å². The number of hydrogen-bond donors (Lipinski definition) is 0. The number of rotatable bonds is 8. The Bertz CT molecular complexity index is 3480. The number of anilines is 3. The number of aromatic nitrogens is 1. The molecule has 2 heterocycles. The molecular formula is C62H44N2O. The molecule has 0 N–H and O–H groups in total. The van der Waals surface area contributed by atoms with E-state index in [4.69, 9.17) is 9.40 Å². The molecule has 0 bridgehead atoms. The minimum absolute atomic E-state index is 0.186. The molecule has 0 atom stereocenters. The lowest BCUT2D eigenvalue weighted by Gasteiger charge is -2.32. The zero-order valence-electron chi connectivity index (χ0n) is 36.2. The van der Waals surface area contributed by atoms with Gasteiger partial charge in [-0.25, -0.2) is 4.98 Å². The van der Waals surface area contributed by atoms with Crippen molar-refractivity contribution >= 4 is 39.0 Å². The highest BCUT2D eigenvalue weighted by Gasteiger charge is 2.38. The third-order valence-electron chi connectivity index (χ3n) is 13.3. The maximum Gasteiger partial charge on any atom is 0.136 e. The first-order valence-corrected chi connectivity index (χ1v) is 22.4. The lowest BCUT2D eigenvalue weighted by atomic mass is 9.81. The lowest BCUT2D eigenvalue weighted by Crippen LogP contribution is -2.20. The van der Waals surface area contributed by atoms with Crippen LogP contribution in [0.15, 0.2) is 235 Å².